The molecule has 0 saturated carbocycles. The zero-order chi connectivity index (χ0) is 17.5. The topological polar surface area (TPSA) is 67.2 Å². The van der Waals surface area contributed by atoms with Gasteiger partial charge in [-0.1, -0.05) is 30.3 Å². The summed E-state index contributed by atoms with van der Waals surface area (Å²) in [7, 11) is 0. The molecule has 0 spiro atoms. The van der Waals surface area contributed by atoms with E-state index in [-0.39, 0.29) is 18.2 Å². The highest BCUT2D eigenvalue weighted by molar-refractivity contribution is 5.40. The summed E-state index contributed by atoms with van der Waals surface area (Å²) in [6.45, 7) is 3.60. The Morgan fingerprint density at radius 2 is 1.96 bits per heavy atom. The number of anilines is 1. The first-order valence-electron chi connectivity index (χ1n) is 8.67. The summed E-state index contributed by atoms with van der Waals surface area (Å²) < 4.78 is 11.9. The zero-order valence-corrected chi connectivity index (χ0v) is 14.4. The quantitative estimate of drug-likeness (QED) is 0.871. The van der Waals surface area contributed by atoms with Crippen LogP contribution in [0.1, 0.15) is 37.0 Å². The van der Waals surface area contributed by atoms with Gasteiger partial charge in [0.2, 0.25) is 0 Å². The van der Waals surface area contributed by atoms with Crippen LogP contribution < -0.4 is 5.32 Å². The highest BCUT2D eigenvalue weighted by Crippen LogP contribution is 2.27. The van der Waals surface area contributed by atoms with Crippen LogP contribution in [0.2, 0.25) is 0 Å². The molecule has 130 valence electrons. The van der Waals surface area contributed by atoms with Gasteiger partial charge in [0.25, 0.3) is 0 Å². The standard InChI is InChI=1S/C20H23N3O2/c1-15(23-19-8-7-16(13-21)14-22-19)20(17-5-3-2-4-6-17)25-18-9-11-24-12-10-18/h2-8,14-15,18,20H,9-12H2,1H3,(H,22,23). The van der Waals surface area contributed by atoms with Crippen LogP contribution in [0.15, 0.2) is 48.7 Å². The average Bonchev–Trinajstić information content (AvgIpc) is 2.68. The number of hydrogen-bond acceptors (Lipinski definition) is 5. The van der Waals surface area contributed by atoms with Crippen molar-refractivity contribution in [2.24, 2.45) is 0 Å². The Labute approximate surface area is 148 Å². The van der Waals surface area contributed by atoms with Crippen LogP contribution in [-0.2, 0) is 9.47 Å². The molecule has 0 bridgehead atoms. The molecule has 1 aromatic heterocycles. The number of rotatable bonds is 6. The van der Waals surface area contributed by atoms with Gasteiger partial charge in [0.05, 0.1) is 17.7 Å². The molecule has 1 N–H and O–H groups in total. The van der Waals surface area contributed by atoms with E-state index in [4.69, 9.17) is 14.7 Å². The fraction of sp³-hybridized carbons (Fsp3) is 0.400. The Hall–Kier alpha value is -2.42. The smallest absolute Gasteiger partial charge is 0.126 e. The second kappa shape index (κ2) is 8.61. The SMILES string of the molecule is CC(Nc1ccc(C#N)cn1)C(OC1CCOCC1)c1ccccc1. The summed E-state index contributed by atoms with van der Waals surface area (Å²) in [6.07, 6.45) is 3.54. The van der Waals surface area contributed by atoms with Crippen molar-refractivity contribution in [3.8, 4) is 6.07 Å². The Balaban J connectivity index is 1.73. The van der Waals surface area contributed by atoms with Crippen LogP contribution in [0.5, 0.6) is 0 Å². The average molecular weight is 337 g/mol. The number of nitrogens with one attached hydrogen (secondary N) is 1. The third-order valence-corrected chi connectivity index (χ3v) is 4.36. The third-order valence-electron chi connectivity index (χ3n) is 4.36. The van der Waals surface area contributed by atoms with E-state index in [0.717, 1.165) is 37.4 Å². The lowest BCUT2D eigenvalue weighted by Gasteiger charge is -2.32. The van der Waals surface area contributed by atoms with Crippen molar-refractivity contribution < 1.29 is 9.47 Å². The summed E-state index contributed by atoms with van der Waals surface area (Å²) in [5.74, 6) is 0.739. The van der Waals surface area contributed by atoms with Gasteiger partial charge < -0.3 is 14.8 Å². The van der Waals surface area contributed by atoms with Crippen LogP contribution >= 0.6 is 0 Å². The maximum Gasteiger partial charge on any atom is 0.126 e. The number of nitriles is 1. The maximum atomic E-state index is 8.89. The van der Waals surface area contributed by atoms with Crippen LogP contribution in [0.25, 0.3) is 0 Å². The molecule has 0 aliphatic carbocycles. The number of benzene rings is 1. The number of aromatic nitrogens is 1. The molecule has 25 heavy (non-hydrogen) atoms. The van der Waals surface area contributed by atoms with Gasteiger partial charge in [0, 0.05) is 19.4 Å². The molecule has 1 aromatic carbocycles. The van der Waals surface area contributed by atoms with Crippen molar-refractivity contribution in [1.82, 2.24) is 4.98 Å². The summed E-state index contributed by atoms with van der Waals surface area (Å²) in [6, 6.07) is 16.0. The Morgan fingerprint density at radius 1 is 1.20 bits per heavy atom. The molecule has 2 atom stereocenters. The van der Waals surface area contributed by atoms with E-state index in [1.165, 1.54) is 0 Å². The van der Waals surface area contributed by atoms with E-state index in [1.54, 1.807) is 12.3 Å². The first-order chi connectivity index (χ1) is 12.3. The molecule has 0 amide bonds. The number of hydrogen-bond donors (Lipinski definition) is 1. The monoisotopic (exact) mass is 337 g/mol. The fourth-order valence-electron chi connectivity index (χ4n) is 3.00. The molecule has 3 rings (SSSR count). The van der Waals surface area contributed by atoms with Gasteiger partial charge in [0.15, 0.2) is 0 Å². The molecule has 2 heterocycles. The molecule has 1 aliphatic rings. The minimum absolute atomic E-state index is 0.0330. The fourth-order valence-corrected chi connectivity index (χ4v) is 3.00. The molecule has 2 aromatic rings. The predicted molar refractivity (Wildman–Crippen MR) is 96.1 cm³/mol. The molecule has 5 heteroatoms. The second-order valence-electron chi connectivity index (χ2n) is 6.26. The van der Waals surface area contributed by atoms with Gasteiger partial charge in [-0.2, -0.15) is 5.26 Å². The Kier molecular flexibility index (Phi) is 5.99. The van der Waals surface area contributed by atoms with Crippen LogP contribution in [-0.4, -0.2) is 30.3 Å². The first-order valence-corrected chi connectivity index (χ1v) is 8.67. The van der Waals surface area contributed by atoms with Crippen molar-refractivity contribution in [2.75, 3.05) is 18.5 Å². The molecule has 5 nitrogen and oxygen atoms in total. The minimum Gasteiger partial charge on any atom is -0.381 e. The summed E-state index contributed by atoms with van der Waals surface area (Å²) >= 11 is 0. The predicted octanol–water partition coefficient (Wildman–Crippen LogP) is 3.69. The van der Waals surface area contributed by atoms with E-state index in [1.807, 2.05) is 24.3 Å². The normalized spacial score (nSPS) is 17.4. The molecular weight excluding hydrogens is 314 g/mol. The van der Waals surface area contributed by atoms with Gasteiger partial charge in [-0.25, -0.2) is 4.98 Å². The second-order valence-corrected chi connectivity index (χ2v) is 6.26. The maximum absolute atomic E-state index is 8.89. The molecule has 1 saturated heterocycles. The molecule has 1 fully saturated rings. The lowest BCUT2D eigenvalue weighted by molar-refractivity contribution is -0.0739. The molecule has 1 aliphatic heterocycles. The van der Waals surface area contributed by atoms with Crippen molar-refractivity contribution in [1.29, 1.82) is 5.26 Å². The largest absolute Gasteiger partial charge is 0.381 e. The third kappa shape index (κ3) is 4.79. The summed E-state index contributed by atoms with van der Waals surface area (Å²) in [4.78, 5) is 4.30. The van der Waals surface area contributed by atoms with Gasteiger partial charge in [0.1, 0.15) is 18.0 Å². The van der Waals surface area contributed by atoms with E-state index in [9.17, 15) is 0 Å². The lowest BCUT2D eigenvalue weighted by atomic mass is 10.0. The van der Waals surface area contributed by atoms with Crippen LogP contribution in [0.3, 0.4) is 0 Å². The number of nitrogens with zero attached hydrogens (tertiary/aromatic N) is 2. The van der Waals surface area contributed by atoms with E-state index < -0.39 is 0 Å². The highest BCUT2D eigenvalue weighted by atomic mass is 16.5. The van der Waals surface area contributed by atoms with Gasteiger partial charge in [-0.15, -0.1) is 0 Å². The number of ether oxygens (including phenoxy) is 2. The van der Waals surface area contributed by atoms with Crippen molar-refractivity contribution >= 4 is 5.82 Å². The van der Waals surface area contributed by atoms with Crippen molar-refractivity contribution in [2.45, 2.75) is 38.0 Å². The molecule has 0 radical (unpaired) electrons. The summed E-state index contributed by atoms with van der Waals surface area (Å²) in [5, 5.41) is 12.3. The highest BCUT2D eigenvalue weighted by Gasteiger charge is 2.25. The van der Waals surface area contributed by atoms with Gasteiger partial charge in [-0.05, 0) is 37.5 Å². The van der Waals surface area contributed by atoms with E-state index >= 15 is 0 Å². The van der Waals surface area contributed by atoms with Crippen molar-refractivity contribution in [3.63, 3.8) is 0 Å². The molecule has 2 unspecified atom stereocenters. The molecular formula is C20H23N3O2. The van der Waals surface area contributed by atoms with Gasteiger partial charge >= 0.3 is 0 Å². The summed E-state index contributed by atoms with van der Waals surface area (Å²) in [5.41, 5.74) is 1.69. The van der Waals surface area contributed by atoms with Crippen molar-refractivity contribution in [3.05, 3.63) is 59.8 Å². The Morgan fingerprint density at radius 3 is 2.60 bits per heavy atom. The van der Waals surface area contributed by atoms with E-state index in [2.05, 4.69) is 35.4 Å². The first kappa shape index (κ1) is 17.4. The van der Waals surface area contributed by atoms with E-state index in [0.29, 0.717) is 5.56 Å². The lowest BCUT2D eigenvalue weighted by Crippen LogP contribution is -2.32. The van der Waals surface area contributed by atoms with Crippen LogP contribution in [0.4, 0.5) is 5.82 Å². The number of pyridine rings is 1. The minimum atomic E-state index is -0.0817. The Bertz CT molecular complexity index is 691. The van der Waals surface area contributed by atoms with Crippen LogP contribution in [0, 0.1) is 11.3 Å². The zero-order valence-electron chi connectivity index (χ0n) is 14.4. The van der Waals surface area contributed by atoms with Gasteiger partial charge in [-0.3, -0.25) is 0 Å².